The van der Waals surface area contributed by atoms with Crippen molar-refractivity contribution < 1.29 is 19.5 Å². The van der Waals surface area contributed by atoms with Crippen molar-refractivity contribution in [1.29, 1.82) is 0 Å². The summed E-state index contributed by atoms with van der Waals surface area (Å²) in [5.74, 6) is -0.688. The van der Waals surface area contributed by atoms with E-state index >= 15 is 0 Å². The number of hydrogen-bond acceptors (Lipinski definition) is 3. The first-order valence-electron chi connectivity index (χ1n) is 7.22. The summed E-state index contributed by atoms with van der Waals surface area (Å²) < 4.78 is 0. The van der Waals surface area contributed by atoms with Gasteiger partial charge in [-0.05, 0) is 25.7 Å². The van der Waals surface area contributed by atoms with Gasteiger partial charge in [-0.3, -0.25) is 9.59 Å². The first kappa shape index (κ1) is 19.2. The average molecular weight is 301 g/mol. The topological polar surface area (TPSA) is 90.0 Å². The van der Waals surface area contributed by atoms with Gasteiger partial charge in [0.15, 0.2) is 0 Å². The van der Waals surface area contributed by atoms with Crippen LogP contribution in [0.25, 0.3) is 0 Å². The lowest BCUT2D eigenvalue weighted by molar-refractivity contribution is -0.137. The summed E-state index contributed by atoms with van der Waals surface area (Å²) in [5.41, 5.74) is 0. The summed E-state index contributed by atoms with van der Waals surface area (Å²) in [6.45, 7) is 4.77. The number of amides is 3. The fraction of sp³-hybridized carbons (Fsp3) is 0.786. The maximum absolute atomic E-state index is 11.9. The zero-order chi connectivity index (χ0) is 16.4. The van der Waals surface area contributed by atoms with Crippen LogP contribution in [0.2, 0.25) is 0 Å². The van der Waals surface area contributed by atoms with Crippen LogP contribution in [0.5, 0.6) is 0 Å². The van der Waals surface area contributed by atoms with Gasteiger partial charge in [0.2, 0.25) is 5.91 Å². The molecule has 0 radical (unpaired) electrons. The number of carboxylic acid groups (broad SMARTS) is 1. The Morgan fingerprint density at radius 3 is 2.29 bits per heavy atom. The first-order chi connectivity index (χ1) is 9.77. The average Bonchev–Trinajstić information content (AvgIpc) is 2.41. The number of aliphatic carboxylic acids is 1. The number of urea groups is 1. The monoisotopic (exact) mass is 301 g/mol. The van der Waals surface area contributed by atoms with E-state index in [1.807, 2.05) is 13.8 Å². The Morgan fingerprint density at radius 1 is 1.19 bits per heavy atom. The molecule has 0 spiro atoms. The van der Waals surface area contributed by atoms with Gasteiger partial charge < -0.3 is 20.2 Å². The van der Waals surface area contributed by atoms with Crippen LogP contribution in [0.4, 0.5) is 4.79 Å². The lowest BCUT2D eigenvalue weighted by atomic mass is 10.0. The van der Waals surface area contributed by atoms with Crippen LogP contribution in [-0.2, 0) is 9.59 Å². The summed E-state index contributed by atoms with van der Waals surface area (Å²) in [5, 5.41) is 11.4. The minimum Gasteiger partial charge on any atom is -0.481 e. The van der Waals surface area contributed by atoms with Crippen LogP contribution < -0.4 is 5.32 Å². The largest absolute Gasteiger partial charge is 0.481 e. The van der Waals surface area contributed by atoms with Gasteiger partial charge in [-0.25, -0.2) is 4.79 Å². The Bertz CT molecular complexity index is 358. The fourth-order valence-electron chi connectivity index (χ4n) is 1.68. The van der Waals surface area contributed by atoms with Gasteiger partial charge in [-0.2, -0.15) is 0 Å². The van der Waals surface area contributed by atoms with Gasteiger partial charge in [0, 0.05) is 33.6 Å². The number of nitrogens with zero attached hydrogens (tertiary/aromatic N) is 2. The predicted octanol–water partition coefficient (Wildman–Crippen LogP) is 0.997. The smallest absolute Gasteiger partial charge is 0.317 e. The quantitative estimate of drug-likeness (QED) is 0.665. The number of likely N-dealkylation sites (N-methyl/N-ethyl adjacent to an activating group) is 2. The fourth-order valence-corrected chi connectivity index (χ4v) is 1.68. The van der Waals surface area contributed by atoms with Crippen LogP contribution in [0, 0.1) is 5.92 Å². The minimum absolute atomic E-state index is 0.0594. The van der Waals surface area contributed by atoms with E-state index in [1.165, 1.54) is 9.80 Å². The van der Waals surface area contributed by atoms with Crippen LogP contribution in [0.15, 0.2) is 0 Å². The number of carbonyl (C=O) groups excluding carboxylic acids is 2. The molecule has 0 aliphatic heterocycles. The number of hydrogen-bond donors (Lipinski definition) is 2. The number of nitrogens with one attached hydrogen (secondary N) is 1. The highest BCUT2D eigenvalue weighted by atomic mass is 16.4. The molecular formula is C14H27N3O4. The molecule has 0 aliphatic rings. The molecule has 1 unspecified atom stereocenters. The third-order valence-electron chi connectivity index (χ3n) is 3.26. The summed E-state index contributed by atoms with van der Waals surface area (Å²) in [6, 6.07) is -0.266. The molecule has 0 aromatic rings. The molecule has 3 amide bonds. The molecule has 0 aromatic carbocycles. The van der Waals surface area contributed by atoms with E-state index in [0.717, 1.165) is 6.42 Å². The van der Waals surface area contributed by atoms with Crippen molar-refractivity contribution in [2.75, 3.05) is 33.7 Å². The van der Waals surface area contributed by atoms with Gasteiger partial charge in [0.1, 0.15) is 6.54 Å². The van der Waals surface area contributed by atoms with Gasteiger partial charge in [0.25, 0.3) is 0 Å². The van der Waals surface area contributed by atoms with Crippen LogP contribution in [-0.4, -0.2) is 66.5 Å². The number of rotatable bonds is 9. The van der Waals surface area contributed by atoms with E-state index < -0.39 is 5.97 Å². The third-order valence-corrected chi connectivity index (χ3v) is 3.26. The lowest BCUT2D eigenvalue weighted by Gasteiger charge is -2.23. The molecule has 0 aromatic heterocycles. The van der Waals surface area contributed by atoms with Gasteiger partial charge in [0.05, 0.1) is 0 Å². The Morgan fingerprint density at radius 2 is 1.81 bits per heavy atom. The number of carboxylic acids is 1. The van der Waals surface area contributed by atoms with E-state index in [9.17, 15) is 14.4 Å². The molecule has 21 heavy (non-hydrogen) atoms. The van der Waals surface area contributed by atoms with E-state index in [0.29, 0.717) is 19.5 Å². The maximum atomic E-state index is 11.9. The minimum atomic E-state index is -0.801. The molecule has 0 fully saturated rings. The standard InChI is InChI=1S/C14H27N3O4/c1-5-17(10-12(18)16(3)4)14(21)15-9-8-11(2)6-7-13(19)20/h11H,5-10H2,1-4H3,(H,15,21)(H,19,20). The maximum Gasteiger partial charge on any atom is 0.317 e. The molecule has 0 saturated heterocycles. The van der Waals surface area contributed by atoms with Crippen LogP contribution in [0.3, 0.4) is 0 Å². The molecule has 2 N–H and O–H groups in total. The van der Waals surface area contributed by atoms with Crippen LogP contribution in [0.1, 0.15) is 33.1 Å². The third kappa shape index (κ3) is 8.88. The van der Waals surface area contributed by atoms with Crippen LogP contribution >= 0.6 is 0 Å². The van der Waals surface area contributed by atoms with E-state index in [4.69, 9.17) is 5.11 Å². The molecule has 0 bridgehead atoms. The lowest BCUT2D eigenvalue weighted by Crippen LogP contribution is -2.45. The van der Waals surface area contributed by atoms with Crippen molar-refractivity contribution in [1.82, 2.24) is 15.1 Å². The predicted molar refractivity (Wildman–Crippen MR) is 80.0 cm³/mol. The summed E-state index contributed by atoms with van der Waals surface area (Å²) >= 11 is 0. The molecule has 0 heterocycles. The molecule has 0 saturated carbocycles. The van der Waals surface area contributed by atoms with Gasteiger partial charge >= 0.3 is 12.0 Å². The summed E-state index contributed by atoms with van der Waals surface area (Å²) in [6.07, 6.45) is 1.47. The van der Waals surface area contributed by atoms with E-state index in [2.05, 4.69) is 5.32 Å². The Hall–Kier alpha value is -1.79. The van der Waals surface area contributed by atoms with Crippen molar-refractivity contribution in [3.05, 3.63) is 0 Å². The Labute approximate surface area is 126 Å². The molecule has 7 heteroatoms. The van der Waals surface area contributed by atoms with Gasteiger partial charge in [-0.1, -0.05) is 6.92 Å². The first-order valence-corrected chi connectivity index (χ1v) is 7.22. The van der Waals surface area contributed by atoms with Crippen molar-refractivity contribution >= 4 is 17.9 Å². The van der Waals surface area contributed by atoms with E-state index in [-0.39, 0.29) is 30.8 Å². The Balaban J connectivity index is 4.05. The molecular weight excluding hydrogens is 274 g/mol. The molecule has 0 rings (SSSR count). The second-order valence-electron chi connectivity index (χ2n) is 5.36. The second kappa shape index (κ2) is 10.0. The molecule has 122 valence electrons. The highest BCUT2D eigenvalue weighted by molar-refractivity contribution is 5.83. The zero-order valence-corrected chi connectivity index (χ0v) is 13.4. The highest BCUT2D eigenvalue weighted by Crippen LogP contribution is 2.09. The Kier molecular flexibility index (Phi) is 9.16. The highest BCUT2D eigenvalue weighted by Gasteiger charge is 2.16. The molecule has 0 aliphatic carbocycles. The second-order valence-corrected chi connectivity index (χ2v) is 5.36. The molecule has 1 atom stereocenters. The van der Waals surface area contributed by atoms with Crippen molar-refractivity contribution in [2.24, 2.45) is 5.92 Å². The normalized spacial score (nSPS) is 11.6. The SMILES string of the molecule is CCN(CC(=O)N(C)C)C(=O)NCCC(C)CCC(=O)O. The van der Waals surface area contributed by atoms with Gasteiger partial charge in [-0.15, -0.1) is 0 Å². The summed E-state index contributed by atoms with van der Waals surface area (Å²) in [4.78, 5) is 36.9. The van der Waals surface area contributed by atoms with Crippen molar-refractivity contribution in [3.63, 3.8) is 0 Å². The van der Waals surface area contributed by atoms with Crippen molar-refractivity contribution in [2.45, 2.75) is 33.1 Å². The number of carbonyl (C=O) groups is 3. The summed E-state index contributed by atoms with van der Waals surface area (Å²) in [7, 11) is 3.30. The van der Waals surface area contributed by atoms with E-state index in [1.54, 1.807) is 14.1 Å². The zero-order valence-electron chi connectivity index (χ0n) is 13.4. The van der Waals surface area contributed by atoms with Crippen molar-refractivity contribution in [3.8, 4) is 0 Å². The molecule has 7 nitrogen and oxygen atoms in total.